The molecule has 0 aromatic heterocycles. The maximum atomic E-state index is 12.8. The summed E-state index contributed by atoms with van der Waals surface area (Å²) in [5.74, 6) is -0.0215. The molecule has 6 heteroatoms. The Labute approximate surface area is 355 Å². The van der Waals surface area contributed by atoms with Gasteiger partial charge in [0.15, 0.2) is 6.10 Å². The number of carbonyl (C=O) groups is 3. The summed E-state index contributed by atoms with van der Waals surface area (Å²) in [4.78, 5) is 37.8. The Morgan fingerprint density at radius 2 is 0.579 bits per heavy atom. The first-order valence-electron chi connectivity index (χ1n) is 25.4. The van der Waals surface area contributed by atoms with Crippen molar-refractivity contribution in [1.82, 2.24) is 0 Å². The highest BCUT2D eigenvalue weighted by Crippen LogP contribution is 2.17. The summed E-state index contributed by atoms with van der Waals surface area (Å²) in [5, 5.41) is 0. The number of esters is 3. The summed E-state index contributed by atoms with van der Waals surface area (Å²) >= 11 is 0. The third kappa shape index (κ3) is 45.3. The Morgan fingerprint density at radius 3 is 0.860 bits per heavy atom. The smallest absolute Gasteiger partial charge is 0.306 e. The standard InChI is InChI=1S/C51H98O6/c1-5-7-9-11-13-15-16-17-18-19-20-23-28-32-36-40-44-51(54)57-48(45-55-49(52)42-38-34-30-25-14-12-10-8-6-2)46-56-50(53)43-39-35-31-27-24-21-22-26-29-33-37-41-47(3)4/h47-48H,5-46H2,1-4H3/t48-/m1/s1. The fraction of sp³-hybridized carbons (Fsp3) is 0.941. The minimum absolute atomic E-state index is 0.0632. The van der Waals surface area contributed by atoms with E-state index in [0.29, 0.717) is 19.3 Å². The first kappa shape index (κ1) is 55.4. The van der Waals surface area contributed by atoms with Crippen LogP contribution in [0.4, 0.5) is 0 Å². The monoisotopic (exact) mass is 807 g/mol. The van der Waals surface area contributed by atoms with Crippen LogP contribution in [0.3, 0.4) is 0 Å². The molecule has 0 fully saturated rings. The summed E-state index contributed by atoms with van der Waals surface area (Å²) in [5.41, 5.74) is 0. The maximum Gasteiger partial charge on any atom is 0.306 e. The van der Waals surface area contributed by atoms with E-state index in [1.54, 1.807) is 0 Å². The molecule has 57 heavy (non-hydrogen) atoms. The van der Waals surface area contributed by atoms with Crippen LogP contribution in [-0.4, -0.2) is 37.2 Å². The number of carbonyl (C=O) groups excluding carboxylic acids is 3. The molecule has 0 aliphatic heterocycles. The average Bonchev–Trinajstić information content (AvgIpc) is 3.19. The predicted octanol–water partition coefficient (Wildman–Crippen LogP) is 16.3. The van der Waals surface area contributed by atoms with E-state index in [-0.39, 0.29) is 31.1 Å². The molecule has 0 saturated carbocycles. The minimum atomic E-state index is -0.759. The van der Waals surface area contributed by atoms with Gasteiger partial charge in [-0.2, -0.15) is 0 Å². The molecule has 1 atom stereocenters. The van der Waals surface area contributed by atoms with E-state index in [1.165, 1.54) is 180 Å². The molecule has 0 amide bonds. The lowest BCUT2D eigenvalue weighted by molar-refractivity contribution is -0.167. The molecule has 0 aliphatic carbocycles. The highest BCUT2D eigenvalue weighted by molar-refractivity contribution is 5.71. The summed E-state index contributed by atoms with van der Waals surface area (Å²) in [6, 6.07) is 0. The van der Waals surface area contributed by atoms with Crippen molar-refractivity contribution in [1.29, 1.82) is 0 Å². The first-order chi connectivity index (χ1) is 27.9. The molecule has 0 bridgehead atoms. The average molecular weight is 807 g/mol. The van der Waals surface area contributed by atoms with Crippen LogP contribution in [0.25, 0.3) is 0 Å². The fourth-order valence-electron chi connectivity index (χ4n) is 7.69. The molecular weight excluding hydrogens is 709 g/mol. The molecule has 6 nitrogen and oxygen atoms in total. The Morgan fingerprint density at radius 1 is 0.333 bits per heavy atom. The van der Waals surface area contributed by atoms with Crippen molar-refractivity contribution in [3.8, 4) is 0 Å². The molecule has 338 valence electrons. The van der Waals surface area contributed by atoms with Crippen molar-refractivity contribution in [2.24, 2.45) is 5.92 Å². The number of rotatable bonds is 46. The third-order valence-electron chi connectivity index (χ3n) is 11.5. The Bertz CT molecular complexity index is 857. The molecule has 0 unspecified atom stereocenters. The Balaban J connectivity index is 4.27. The topological polar surface area (TPSA) is 78.9 Å². The van der Waals surface area contributed by atoms with Crippen LogP contribution < -0.4 is 0 Å². The van der Waals surface area contributed by atoms with Gasteiger partial charge in [0.05, 0.1) is 0 Å². The first-order valence-corrected chi connectivity index (χ1v) is 25.4. The van der Waals surface area contributed by atoms with Gasteiger partial charge in [-0.1, -0.05) is 246 Å². The van der Waals surface area contributed by atoms with Crippen LogP contribution in [0, 0.1) is 5.92 Å². The molecule has 0 rings (SSSR count). The van der Waals surface area contributed by atoms with Crippen molar-refractivity contribution >= 4 is 17.9 Å². The number of hydrogen-bond acceptors (Lipinski definition) is 6. The van der Waals surface area contributed by atoms with Gasteiger partial charge in [0.25, 0.3) is 0 Å². The Hall–Kier alpha value is -1.59. The molecule has 0 saturated heterocycles. The van der Waals surface area contributed by atoms with Crippen molar-refractivity contribution < 1.29 is 28.6 Å². The largest absolute Gasteiger partial charge is 0.462 e. The normalized spacial score (nSPS) is 11.9. The van der Waals surface area contributed by atoms with Gasteiger partial charge in [0.1, 0.15) is 13.2 Å². The summed E-state index contributed by atoms with van der Waals surface area (Å²) in [6.45, 7) is 9.00. The molecule has 0 aromatic rings. The number of hydrogen-bond donors (Lipinski definition) is 0. The van der Waals surface area contributed by atoms with Crippen molar-refractivity contribution in [2.45, 2.75) is 291 Å². The van der Waals surface area contributed by atoms with Gasteiger partial charge in [-0.15, -0.1) is 0 Å². The minimum Gasteiger partial charge on any atom is -0.462 e. The van der Waals surface area contributed by atoms with Gasteiger partial charge in [-0.3, -0.25) is 14.4 Å². The van der Waals surface area contributed by atoms with E-state index in [1.807, 2.05) is 0 Å². The van der Waals surface area contributed by atoms with E-state index >= 15 is 0 Å². The molecule has 0 radical (unpaired) electrons. The zero-order valence-corrected chi connectivity index (χ0v) is 38.8. The van der Waals surface area contributed by atoms with Crippen LogP contribution in [0.1, 0.15) is 285 Å². The zero-order valence-electron chi connectivity index (χ0n) is 38.8. The van der Waals surface area contributed by atoms with E-state index in [2.05, 4.69) is 27.7 Å². The SMILES string of the molecule is CCCCCCCCCCCCCCCCCCC(=O)O[C@H](COC(=O)CCCCCCCCCCC)COC(=O)CCCCCCCCCCCCCC(C)C. The van der Waals surface area contributed by atoms with Gasteiger partial charge in [-0.05, 0) is 25.2 Å². The quantitative estimate of drug-likeness (QED) is 0.0346. The van der Waals surface area contributed by atoms with E-state index < -0.39 is 6.10 Å². The van der Waals surface area contributed by atoms with Crippen LogP contribution in [-0.2, 0) is 28.6 Å². The van der Waals surface area contributed by atoms with Crippen LogP contribution in [0.2, 0.25) is 0 Å². The fourth-order valence-corrected chi connectivity index (χ4v) is 7.69. The van der Waals surface area contributed by atoms with Gasteiger partial charge < -0.3 is 14.2 Å². The van der Waals surface area contributed by atoms with Gasteiger partial charge in [0, 0.05) is 19.3 Å². The van der Waals surface area contributed by atoms with Gasteiger partial charge >= 0.3 is 17.9 Å². The lowest BCUT2D eigenvalue weighted by atomic mass is 10.0. The third-order valence-corrected chi connectivity index (χ3v) is 11.5. The Kier molecular flexibility index (Phi) is 44.2. The maximum absolute atomic E-state index is 12.8. The summed E-state index contributed by atoms with van der Waals surface area (Å²) in [7, 11) is 0. The second-order valence-corrected chi connectivity index (χ2v) is 17.9. The second kappa shape index (κ2) is 45.5. The zero-order chi connectivity index (χ0) is 41.7. The molecule has 0 heterocycles. The van der Waals surface area contributed by atoms with Crippen LogP contribution in [0.5, 0.6) is 0 Å². The predicted molar refractivity (Wildman–Crippen MR) is 243 cm³/mol. The molecule has 0 spiro atoms. The van der Waals surface area contributed by atoms with Gasteiger partial charge in [0.2, 0.25) is 0 Å². The van der Waals surface area contributed by atoms with Crippen molar-refractivity contribution in [3.63, 3.8) is 0 Å². The lowest BCUT2D eigenvalue weighted by Gasteiger charge is -2.18. The summed E-state index contributed by atoms with van der Waals surface area (Å²) in [6.07, 6.45) is 46.6. The molecular formula is C51H98O6. The number of ether oxygens (including phenoxy) is 3. The van der Waals surface area contributed by atoms with E-state index in [0.717, 1.165) is 63.7 Å². The van der Waals surface area contributed by atoms with Crippen LogP contribution in [0.15, 0.2) is 0 Å². The lowest BCUT2D eigenvalue weighted by Crippen LogP contribution is -2.30. The van der Waals surface area contributed by atoms with Crippen LogP contribution >= 0.6 is 0 Å². The van der Waals surface area contributed by atoms with Crippen molar-refractivity contribution in [3.05, 3.63) is 0 Å². The molecule has 0 aliphatic rings. The van der Waals surface area contributed by atoms with E-state index in [9.17, 15) is 14.4 Å². The number of unbranched alkanes of at least 4 members (excludes halogenated alkanes) is 33. The molecule has 0 aromatic carbocycles. The van der Waals surface area contributed by atoms with Crippen molar-refractivity contribution in [2.75, 3.05) is 13.2 Å². The van der Waals surface area contributed by atoms with Gasteiger partial charge in [-0.25, -0.2) is 0 Å². The molecule has 0 N–H and O–H groups in total. The van der Waals surface area contributed by atoms with E-state index in [4.69, 9.17) is 14.2 Å². The highest BCUT2D eigenvalue weighted by atomic mass is 16.6. The summed E-state index contributed by atoms with van der Waals surface area (Å²) < 4.78 is 16.8. The highest BCUT2D eigenvalue weighted by Gasteiger charge is 2.19. The second-order valence-electron chi connectivity index (χ2n) is 17.9.